The Morgan fingerprint density at radius 2 is 2.10 bits per heavy atom. The summed E-state index contributed by atoms with van der Waals surface area (Å²) in [7, 11) is 0. The lowest BCUT2D eigenvalue weighted by Crippen LogP contribution is -2.22. The third-order valence-corrected chi connectivity index (χ3v) is 3.88. The van der Waals surface area contributed by atoms with Gasteiger partial charge in [-0.3, -0.25) is 0 Å². The number of benzene rings is 1. The smallest absolute Gasteiger partial charge is 0.125 e. The first-order valence-electron chi connectivity index (χ1n) is 7.25. The molecule has 0 aliphatic carbocycles. The minimum atomic E-state index is 0.627. The standard InChI is InChI=1S/C17H18N4/c18-11-14-4-6-16(7-5-14)21-10-8-15(13-21)12-20-17-3-1-2-9-19-17/h1-7,9,15H,8,10,12-13H2,(H,19,20). The second-order valence-electron chi connectivity index (χ2n) is 5.36. The lowest BCUT2D eigenvalue weighted by Gasteiger charge is -2.19. The Kier molecular flexibility index (Phi) is 4.02. The molecule has 0 spiro atoms. The molecule has 4 heteroatoms. The summed E-state index contributed by atoms with van der Waals surface area (Å²) in [6.07, 6.45) is 2.99. The Morgan fingerprint density at radius 1 is 1.24 bits per heavy atom. The van der Waals surface area contributed by atoms with E-state index in [2.05, 4.69) is 21.3 Å². The number of nitrogens with zero attached hydrogens (tertiary/aromatic N) is 3. The van der Waals surface area contributed by atoms with Crippen LogP contribution < -0.4 is 10.2 Å². The molecule has 1 unspecified atom stereocenters. The van der Waals surface area contributed by atoms with Crippen molar-refractivity contribution in [3.8, 4) is 6.07 Å². The van der Waals surface area contributed by atoms with Gasteiger partial charge in [0, 0.05) is 31.5 Å². The van der Waals surface area contributed by atoms with Crippen molar-refractivity contribution in [2.45, 2.75) is 6.42 Å². The topological polar surface area (TPSA) is 52.0 Å². The molecule has 1 aromatic carbocycles. The lowest BCUT2D eigenvalue weighted by atomic mass is 10.1. The van der Waals surface area contributed by atoms with E-state index >= 15 is 0 Å². The van der Waals surface area contributed by atoms with Crippen LogP contribution in [0.4, 0.5) is 11.5 Å². The normalized spacial score (nSPS) is 17.5. The number of hydrogen-bond donors (Lipinski definition) is 1. The van der Waals surface area contributed by atoms with E-state index in [-0.39, 0.29) is 0 Å². The number of aromatic nitrogens is 1. The van der Waals surface area contributed by atoms with Crippen LogP contribution in [0.1, 0.15) is 12.0 Å². The first kappa shape index (κ1) is 13.4. The first-order chi connectivity index (χ1) is 10.3. The fourth-order valence-electron chi connectivity index (χ4n) is 2.70. The average Bonchev–Trinajstić information content (AvgIpc) is 3.03. The third-order valence-electron chi connectivity index (χ3n) is 3.88. The molecule has 0 bridgehead atoms. The van der Waals surface area contributed by atoms with Crippen LogP contribution in [-0.4, -0.2) is 24.6 Å². The van der Waals surface area contributed by atoms with Crippen molar-refractivity contribution < 1.29 is 0 Å². The van der Waals surface area contributed by atoms with Crippen molar-refractivity contribution in [3.63, 3.8) is 0 Å². The number of hydrogen-bond acceptors (Lipinski definition) is 4. The highest BCUT2D eigenvalue weighted by atomic mass is 15.2. The number of rotatable bonds is 4. The van der Waals surface area contributed by atoms with Gasteiger partial charge in [-0.05, 0) is 48.7 Å². The molecule has 0 amide bonds. The van der Waals surface area contributed by atoms with E-state index in [1.54, 1.807) is 6.20 Å². The summed E-state index contributed by atoms with van der Waals surface area (Å²) in [6, 6.07) is 15.9. The summed E-state index contributed by atoms with van der Waals surface area (Å²) in [5.41, 5.74) is 1.92. The van der Waals surface area contributed by atoms with Crippen molar-refractivity contribution in [2.24, 2.45) is 5.92 Å². The van der Waals surface area contributed by atoms with Gasteiger partial charge in [0.05, 0.1) is 11.6 Å². The SMILES string of the molecule is N#Cc1ccc(N2CCC(CNc3ccccn3)C2)cc1. The van der Waals surface area contributed by atoms with Gasteiger partial charge in [-0.2, -0.15) is 5.26 Å². The van der Waals surface area contributed by atoms with Gasteiger partial charge in [-0.15, -0.1) is 0 Å². The molecule has 106 valence electrons. The van der Waals surface area contributed by atoms with Crippen molar-refractivity contribution in [1.82, 2.24) is 4.98 Å². The van der Waals surface area contributed by atoms with Crippen LogP contribution in [0.2, 0.25) is 0 Å². The number of nitriles is 1. The van der Waals surface area contributed by atoms with Crippen LogP contribution in [0, 0.1) is 17.2 Å². The Morgan fingerprint density at radius 3 is 2.81 bits per heavy atom. The minimum absolute atomic E-state index is 0.627. The molecular weight excluding hydrogens is 260 g/mol. The van der Waals surface area contributed by atoms with E-state index in [4.69, 9.17) is 5.26 Å². The zero-order valence-electron chi connectivity index (χ0n) is 11.9. The highest BCUT2D eigenvalue weighted by molar-refractivity contribution is 5.50. The number of nitrogens with one attached hydrogen (secondary N) is 1. The quantitative estimate of drug-likeness (QED) is 0.934. The molecule has 1 aliphatic rings. The second kappa shape index (κ2) is 6.27. The highest BCUT2D eigenvalue weighted by Gasteiger charge is 2.22. The van der Waals surface area contributed by atoms with Crippen LogP contribution in [0.15, 0.2) is 48.7 Å². The van der Waals surface area contributed by atoms with Crippen LogP contribution >= 0.6 is 0 Å². The van der Waals surface area contributed by atoms with Crippen LogP contribution in [0.3, 0.4) is 0 Å². The summed E-state index contributed by atoms with van der Waals surface area (Å²) in [4.78, 5) is 6.66. The van der Waals surface area contributed by atoms with Gasteiger partial charge in [-0.25, -0.2) is 4.98 Å². The first-order valence-corrected chi connectivity index (χ1v) is 7.25. The predicted octanol–water partition coefficient (Wildman–Crippen LogP) is 2.89. The van der Waals surface area contributed by atoms with Crippen molar-refractivity contribution in [2.75, 3.05) is 29.9 Å². The maximum Gasteiger partial charge on any atom is 0.125 e. The molecule has 3 rings (SSSR count). The van der Waals surface area contributed by atoms with Gasteiger partial charge in [0.2, 0.25) is 0 Å². The average molecular weight is 278 g/mol. The van der Waals surface area contributed by atoms with Gasteiger partial charge < -0.3 is 10.2 Å². The molecule has 0 saturated carbocycles. The molecular formula is C17H18N4. The zero-order valence-corrected chi connectivity index (χ0v) is 11.9. The molecule has 1 saturated heterocycles. The van der Waals surface area contributed by atoms with Crippen LogP contribution in [0.25, 0.3) is 0 Å². The molecule has 1 atom stereocenters. The fraction of sp³-hybridized carbons (Fsp3) is 0.294. The lowest BCUT2D eigenvalue weighted by molar-refractivity contribution is 0.621. The van der Waals surface area contributed by atoms with Gasteiger partial charge in [-0.1, -0.05) is 6.07 Å². The van der Waals surface area contributed by atoms with E-state index in [9.17, 15) is 0 Å². The Bertz CT molecular complexity index is 615. The molecule has 1 aromatic heterocycles. The van der Waals surface area contributed by atoms with Crippen LogP contribution in [-0.2, 0) is 0 Å². The Balaban J connectivity index is 1.54. The van der Waals surface area contributed by atoms with Crippen LogP contribution in [0.5, 0.6) is 0 Å². The minimum Gasteiger partial charge on any atom is -0.371 e. The Labute approximate surface area is 125 Å². The van der Waals surface area contributed by atoms with Gasteiger partial charge >= 0.3 is 0 Å². The molecule has 2 heterocycles. The third kappa shape index (κ3) is 3.32. The van der Waals surface area contributed by atoms with Crippen molar-refractivity contribution >= 4 is 11.5 Å². The van der Waals surface area contributed by atoms with E-state index in [1.165, 1.54) is 12.1 Å². The van der Waals surface area contributed by atoms with E-state index in [0.717, 1.165) is 25.5 Å². The molecule has 1 N–H and O–H groups in total. The second-order valence-corrected chi connectivity index (χ2v) is 5.36. The summed E-state index contributed by atoms with van der Waals surface area (Å²) < 4.78 is 0. The molecule has 0 radical (unpaired) electrons. The predicted molar refractivity (Wildman–Crippen MR) is 84.2 cm³/mol. The zero-order chi connectivity index (χ0) is 14.5. The molecule has 4 nitrogen and oxygen atoms in total. The summed E-state index contributed by atoms with van der Waals surface area (Å²) in [5.74, 6) is 1.57. The molecule has 2 aromatic rings. The fourth-order valence-corrected chi connectivity index (χ4v) is 2.70. The maximum atomic E-state index is 8.84. The largest absolute Gasteiger partial charge is 0.371 e. The maximum absolute atomic E-state index is 8.84. The number of pyridine rings is 1. The monoisotopic (exact) mass is 278 g/mol. The van der Waals surface area contributed by atoms with E-state index in [1.807, 2.05) is 42.5 Å². The van der Waals surface area contributed by atoms with Crippen molar-refractivity contribution in [1.29, 1.82) is 5.26 Å². The highest BCUT2D eigenvalue weighted by Crippen LogP contribution is 2.24. The summed E-state index contributed by atoms with van der Waals surface area (Å²) >= 11 is 0. The van der Waals surface area contributed by atoms with E-state index in [0.29, 0.717) is 11.5 Å². The molecule has 1 aliphatic heterocycles. The van der Waals surface area contributed by atoms with Crippen molar-refractivity contribution in [3.05, 3.63) is 54.2 Å². The van der Waals surface area contributed by atoms with E-state index < -0.39 is 0 Å². The van der Waals surface area contributed by atoms with Gasteiger partial charge in [0.15, 0.2) is 0 Å². The molecule has 1 fully saturated rings. The molecule has 21 heavy (non-hydrogen) atoms. The summed E-state index contributed by atoms with van der Waals surface area (Å²) in [6.45, 7) is 3.07. The summed E-state index contributed by atoms with van der Waals surface area (Å²) in [5, 5.41) is 12.2. The van der Waals surface area contributed by atoms with Gasteiger partial charge in [0.1, 0.15) is 5.82 Å². The Hall–Kier alpha value is -2.54. The van der Waals surface area contributed by atoms with Gasteiger partial charge in [0.25, 0.3) is 0 Å². The number of anilines is 2.